The first kappa shape index (κ1) is 14.4. The van der Waals surface area contributed by atoms with Gasteiger partial charge in [0.2, 0.25) is 0 Å². The molecule has 0 amide bonds. The molecule has 0 bridgehead atoms. The number of para-hydroxylation sites is 1. The molecule has 0 spiro atoms. The summed E-state index contributed by atoms with van der Waals surface area (Å²) in [7, 11) is 0. The van der Waals surface area contributed by atoms with Crippen LogP contribution in [0.4, 0.5) is 15.2 Å². The zero-order chi connectivity index (χ0) is 15.5. The zero-order valence-electron chi connectivity index (χ0n) is 11.8. The minimum atomic E-state index is -0.321. The summed E-state index contributed by atoms with van der Waals surface area (Å²) in [6.07, 6.45) is 0. The summed E-state index contributed by atoms with van der Waals surface area (Å²) in [4.78, 5) is 15.9. The van der Waals surface area contributed by atoms with Crippen molar-refractivity contribution >= 4 is 27.9 Å². The summed E-state index contributed by atoms with van der Waals surface area (Å²) in [5.41, 5.74) is 2.66. The Morgan fingerprint density at radius 2 is 2.00 bits per heavy atom. The summed E-state index contributed by atoms with van der Waals surface area (Å²) in [5.74, 6) is -0.306. The highest BCUT2D eigenvalue weighted by Crippen LogP contribution is 2.28. The number of hydrogen-bond donors (Lipinski definition) is 1. The van der Waals surface area contributed by atoms with E-state index in [1.807, 2.05) is 23.6 Å². The summed E-state index contributed by atoms with van der Waals surface area (Å²) in [6, 6.07) is 13.8. The average Bonchev–Trinajstić information content (AvgIpc) is 2.98. The molecule has 110 valence electrons. The molecular formula is C17H13FN2OS. The van der Waals surface area contributed by atoms with Crippen molar-refractivity contribution in [2.75, 3.05) is 5.32 Å². The number of rotatable bonds is 4. The van der Waals surface area contributed by atoms with Gasteiger partial charge >= 0.3 is 0 Å². The molecule has 0 aliphatic rings. The zero-order valence-corrected chi connectivity index (χ0v) is 12.7. The SMILES string of the molecule is CC(=O)c1cccc(-c2csc(Nc3ccccc3F)n2)c1. The van der Waals surface area contributed by atoms with Crippen LogP contribution in [0.25, 0.3) is 11.3 Å². The van der Waals surface area contributed by atoms with Crippen LogP contribution in [0.1, 0.15) is 17.3 Å². The van der Waals surface area contributed by atoms with Crippen molar-refractivity contribution in [3.63, 3.8) is 0 Å². The third-order valence-corrected chi connectivity index (χ3v) is 3.94. The lowest BCUT2D eigenvalue weighted by Crippen LogP contribution is -1.93. The van der Waals surface area contributed by atoms with Crippen LogP contribution in [0.15, 0.2) is 53.9 Å². The minimum absolute atomic E-state index is 0.0155. The van der Waals surface area contributed by atoms with Gasteiger partial charge in [-0.15, -0.1) is 11.3 Å². The highest BCUT2D eigenvalue weighted by Gasteiger charge is 2.08. The average molecular weight is 312 g/mol. The van der Waals surface area contributed by atoms with E-state index in [9.17, 15) is 9.18 Å². The molecule has 5 heteroatoms. The third kappa shape index (κ3) is 3.04. The van der Waals surface area contributed by atoms with E-state index in [4.69, 9.17) is 0 Å². The first-order valence-corrected chi connectivity index (χ1v) is 7.60. The lowest BCUT2D eigenvalue weighted by Gasteiger charge is -2.03. The smallest absolute Gasteiger partial charge is 0.187 e. The maximum atomic E-state index is 13.6. The number of ketones is 1. The van der Waals surface area contributed by atoms with Gasteiger partial charge in [0.15, 0.2) is 10.9 Å². The van der Waals surface area contributed by atoms with Gasteiger partial charge in [-0.1, -0.05) is 30.3 Å². The normalized spacial score (nSPS) is 10.5. The van der Waals surface area contributed by atoms with Crippen molar-refractivity contribution in [3.05, 3.63) is 65.3 Å². The summed E-state index contributed by atoms with van der Waals surface area (Å²) >= 11 is 1.39. The van der Waals surface area contributed by atoms with Gasteiger partial charge in [0.1, 0.15) is 5.82 Å². The molecule has 0 aliphatic heterocycles. The molecule has 3 aromatic rings. The van der Waals surface area contributed by atoms with Gasteiger partial charge < -0.3 is 5.32 Å². The maximum Gasteiger partial charge on any atom is 0.187 e. The maximum absolute atomic E-state index is 13.6. The van der Waals surface area contributed by atoms with Crippen LogP contribution in [0, 0.1) is 5.82 Å². The Kier molecular flexibility index (Phi) is 3.98. The molecule has 1 aromatic heterocycles. The standard InChI is InChI=1S/C17H13FN2OS/c1-11(21)12-5-4-6-13(9-12)16-10-22-17(20-16)19-15-8-3-2-7-14(15)18/h2-10H,1H3,(H,19,20). The third-order valence-electron chi connectivity index (χ3n) is 3.18. The quantitative estimate of drug-likeness (QED) is 0.697. The van der Waals surface area contributed by atoms with Crippen LogP contribution >= 0.6 is 11.3 Å². The fraction of sp³-hybridized carbons (Fsp3) is 0.0588. The number of Topliss-reactive ketones (excluding diaryl/α,β-unsaturated/α-hetero) is 1. The van der Waals surface area contributed by atoms with Gasteiger partial charge in [0.05, 0.1) is 11.4 Å². The first-order chi connectivity index (χ1) is 10.6. The Hall–Kier alpha value is -2.53. The second kappa shape index (κ2) is 6.07. The number of nitrogens with one attached hydrogen (secondary N) is 1. The number of halogens is 1. The number of anilines is 2. The molecule has 0 saturated carbocycles. The molecule has 0 radical (unpaired) electrons. The van der Waals surface area contributed by atoms with Crippen LogP contribution in [-0.2, 0) is 0 Å². The van der Waals surface area contributed by atoms with E-state index >= 15 is 0 Å². The van der Waals surface area contributed by atoms with E-state index in [2.05, 4.69) is 10.3 Å². The Balaban J connectivity index is 1.86. The molecule has 0 unspecified atom stereocenters. The summed E-state index contributed by atoms with van der Waals surface area (Å²) in [6.45, 7) is 1.53. The molecule has 0 fully saturated rings. The van der Waals surface area contributed by atoms with Crippen molar-refractivity contribution in [1.82, 2.24) is 4.98 Å². The second-order valence-electron chi connectivity index (χ2n) is 4.78. The van der Waals surface area contributed by atoms with Gasteiger partial charge in [0, 0.05) is 16.5 Å². The van der Waals surface area contributed by atoms with Crippen LogP contribution < -0.4 is 5.32 Å². The van der Waals surface area contributed by atoms with Gasteiger partial charge in [-0.2, -0.15) is 0 Å². The fourth-order valence-corrected chi connectivity index (χ4v) is 2.77. The van der Waals surface area contributed by atoms with Crippen molar-refractivity contribution in [3.8, 4) is 11.3 Å². The van der Waals surface area contributed by atoms with Crippen molar-refractivity contribution in [2.24, 2.45) is 0 Å². The fourth-order valence-electron chi connectivity index (χ4n) is 2.04. The Morgan fingerprint density at radius 3 is 2.77 bits per heavy atom. The van der Waals surface area contributed by atoms with Crippen LogP contribution in [-0.4, -0.2) is 10.8 Å². The predicted molar refractivity (Wildman–Crippen MR) is 87.2 cm³/mol. The number of nitrogens with zero attached hydrogens (tertiary/aromatic N) is 1. The molecule has 0 aliphatic carbocycles. The van der Waals surface area contributed by atoms with Crippen LogP contribution in [0.5, 0.6) is 0 Å². The monoisotopic (exact) mass is 312 g/mol. The number of carbonyl (C=O) groups excluding carboxylic acids is 1. The molecule has 1 N–H and O–H groups in total. The molecule has 3 rings (SSSR count). The molecule has 22 heavy (non-hydrogen) atoms. The van der Waals surface area contributed by atoms with Gasteiger partial charge in [-0.3, -0.25) is 4.79 Å². The van der Waals surface area contributed by atoms with Gasteiger partial charge in [-0.25, -0.2) is 9.37 Å². The van der Waals surface area contributed by atoms with Gasteiger partial charge in [-0.05, 0) is 25.1 Å². The highest BCUT2D eigenvalue weighted by atomic mass is 32.1. The van der Waals surface area contributed by atoms with E-state index in [0.717, 1.165) is 11.3 Å². The highest BCUT2D eigenvalue weighted by molar-refractivity contribution is 7.14. The lowest BCUT2D eigenvalue weighted by molar-refractivity contribution is 0.101. The summed E-state index contributed by atoms with van der Waals surface area (Å²) in [5, 5.41) is 5.45. The number of hydrogen-bond acceptors (Lipinski definition) is 4. The summed E-state index contributed by atoms with van der Waals surface area (Å²) < 4.78 is 13.6. The van der Waals surface area contributed by atoms with Crippen molar-refractivity contribution < 1.29 is 9.18 Å². The first-order valence-electron chi connectivity index (χ1n) is 6.72. The van der Waals surface area contributed by atoms with E-state index in [1.165, 1.54) is 24.3 Å². The molecule has 2 aromatic carbocycles. The van der Waals surface area contributed by atoms with Gasteiger partial charge in [0.25, 0.3) is 0 Å². The van der Waals surface area contributed by atoms with Crippen molar-refractivity contribution in [1.29, 1.82) is 0 Å². The minimum Gasteiger partial charge on any atom is -0.329 e. The molecule has 0 atom stereocenters. The molecule has 3 nitrogen and oxygen atoms in total. The number of carbonyl (C=O) groups is 1. The number of aromatic nitrogens is 1. The van der Waals surface area contributed by atoms with E-state index in [0.29, 0.717) is 16.4 Å². The van der Waals surface area contributed by atoms with Crippen molar-refractivity contribution in [2.45, 2.75) is 6.92 Å². The number of thiazole rings is 1. The predicted octanol–water partition coefficient (Wildman–Crippen LogP) is 4.90. The van der Waals surface area contributed by atoms with Crippen LogP contribution in [0.3, 0.4) is 0 Å². The largest absolute Gasteiger partial charge is 0.329 e. The Bertz CT molecular complexity index is 829. The number of benzene rings is 2. The molecule has 0 saturated heterocycles. The Morgan fingerprint density at radius 1 is 1.18 bits per heavy atom. The topological polar surface area (TPSA) is 42.0 Å². The van der Waals surface area contributed by atoms with E-state index in [-0.39, 0.29) is 11.6 Å². The Labute approximate surface area is 131 Å². The van der Waals surface area contributed by atoms with E-state index in [1.54, 1.807) is 24.3 Å². The lowest BCUT2D eigenvalue weighted by atomic mass is 10.1. The van der Waals surface area contributed by atoms with E-state index < -0.39 is 0 Å². The molecule has 1 heterocycles. The van der Waals surface area contributed by atoms with Crippen LogP contribution in [0.2, 0.25) is 0 Å². The second-order valence-corrected chi connectivity index (χ2v) is 5.64. The molecular weight excluding hydrogens is 299 g/mol.